The van der Waals surface area contributed by atoms with Gasteiger partial charge in [0.1, 0.15) is 17.9 Å². The van der Waals surface area contributed by atoms with Crippen molar-refractivity contribution in [3.05, 3.63) is 61.9 Å². The molecule has 0 aliphatic carbocycles. The fourth-order valence-corrected chi connectivity index (χ4v) is 5.87. The molecule has 3 atom stereocenters. The number of halogens is 3. The maximum absolute atomic E-state index is 13.8. The number of nitriles is 1. The van der Waals surface area contributed by atoms with E-state index < -0.39 is 41.4 Å². The third kappa shape index (κ3) is 2.67. The zero-order chi connectivity index (χ0) is 22.9. The van der Waals surface area contributed by atoms with Gasteiger partial charge in [-0.15, -0.1) is 0 Å². The fraction of sp³-hybridized carbons (Fsp3) is 0.238. The van der Waals surface area contributed by atoms with Crippen molar-refractivity contribution in [3.8, 4) is 6.07 Å². The SMILES string of the molecule is N#Cc1ccc(N2C(=O)C3C4CC(c5ccc(F)c(Cl)c5)(CN4C(N)=O)N3C2=O)cc1I. The summed E-state index contributed by atoms with van der Waals surface area (Å²) in [4.78, 5) is 43.1. The van der Waals surface area contributed by atoms with E-state index in [0.29, 0.717) is 26.8 Å². The molecule has 2 bridgehead atoms. The average Bonchev–Trinajstić information content (AvgIpc) is 3.39. The number of benzene rings is 2. The van der Waals surface area contributed by atoms with Gasteiger partial charge in [0.15, 0.2) is 0 Å². The van der Waals surface area contributed by atoms with Gasteiger partial charge in [0.25, 0.3) is 5.91 Å². The van der Waals surface area contributed by atoms with Crippen LogP contribution in [0.2, 0.25) is 5.02 Å². The van der Waals surface area contributed by atoms with E-state index in [1.54, 1.807) is 12.1 Å². The molecule has 0 aromatic heterocycles. The van der Waals surface area contributed by atoms with Crippen LogP contribution in [0.5, 0.6) is 0 Å². The molecule has 2 aromatic rings. The van der Waals surface area contributed by atoms with Crippen LogP contribution in [0.4, 0.5) is 19.7 Å². The summed E-state index contributed by atoms with van der Waals surface area (Å²) in [6.45, 7) is 0.0726. The van der Waals surface area contributed by atoms with Gasteiger partial charge in [0, 0.05) is 3.57 Å². The first-order valence-electron chi connectivity index (χ1n) is 9.58. The Labute approximate surface area is 200 Å². The van der Waals surface area contributed by atoms with Crippen molar-refractivity contribution in [2.24, 2.45) is 5.73 Å². The summed E-state index contributed by atoms with van der Waals surface area (Å²) in [5.41, 5.74) is 5.79. The van der Waals surface area contributed by atoms with E-state index in [1.807, 2.05) is 28.7 Å². The van der Waals surface area contributed by atoms with E-state index in [4.69, 9.17) is 17.3 Å². The maximum atomic E-state index is 13.8. The number of likely N-dealkylation sites (tertiary alicyclic amines) is 1. The molecule has 11 heteroatoms. The van der Waals surface area contributed by atoms with Gasteiger partial charge in [-0.3, -0.25) is 9.69 Å². The number of urea groups is 2. The molecule has 3 unspecified atom stereocenters. The van der Waals surface area contributed by atoms with Crippen LogP contribution in [-0.2, 0) is 10.3 Å². The minimum Gasteiger partial charge on any atom is -0.351 e. The number of imide groups is 1. The number of amides is 5. The zero-order valence-corrected chi connectivity index (χ0v) is 19.2. The highest BCUT2D eigenvalue weighted by Crippen LogP contribution is 2.54. The molecule has 2 aromatic carbocycles. The molecular formula is C21H14ClFIN5O3. The number of carbonyl (C=O) groups is 3. The third-order valence-corrected chi connectivity index (χ3v) is 7.61. The summed E-state index contributed by atoms with van der Waals surface area (Å²) >= 11 is 7.98. The molecule has 0 spiro atoms. The van der Waals surface area contributed by atoms with Crippen LogP contribution < -0.4 is 10.6 Å². The number of anilines is 1. The van der Waals surface area contributed by atoms with Crippen molar-refractivity contribution < 1.29 is 18.8 Å². The van der Waals surface area contributed by atoms with E-state index in [1.165, 1.54) is 34.1 Å². The Kier molecular flexibility index (Phi) is 4.62. The number of nitrogens with zero attached hydrogens (tertiary/aromatic N) is 4. The Hall–Kier alpha value is -2.91. The monoisotopic (exact) mass is 565 g/mol. The molecule has 3 fully saturated rings. The van der Waals surface area contributed by atoms with Crippen molar-refractivity contribution >= 4 is 57.8 Å². The van der Waals surface area contributed by atoms with Crippen molar-refractivity contribution in [2.45, 2.75) is 24.0 Å². The van der Waals surface area contributed by atoms with E-state index in [2.05, 4.69) is 0 Å². The number of hydrogen-bond acceptors (Lipinski definition) is 4. The van der Waals surface area contributed by atoms with Crippen LogP contribution in [0.25, 0.3) is 0 Å². The second-order valence-corrected chi connectivity index (χ2v) is 9.51. The van der Waals surface area contributed by atoms with E-state index in [0.717, 1.165) is 4.90 Å². The van der Waals surface area contributed by atoms with Gasteiger partial charge >= 0.3 is 12.1 Å². The predicted molar refractivity (Wildman–Crippen MR) is 120 cm³/mol. The van der Waals surface area contributed by atoms with Gasteiger partial charge in [-0.25, -0.2) is 18.9 Å². The first-order chi connectivity index (χ1) is 15.2. The third-order valence-electron chi connectivity index (χ3n) is 6.42. The summed E-state index contributed by atoms with van der Waals surface area (Å²) in [6.07, 6.45) is 0.290. The summed E-state index contributed by atoms with van der Waals surface area (Å²) in [5.74, 6) is -1.10. The lowest BCUT2D eigenvalue weighted by Crippen LogP contribution is -2.59. The van der Waals surface area contributed by atoms with Crippen molar-refractivity contribution in [1.29, 1.82) is 5.26 Å². The number of nitrogens with two attached hydrogens (primary N) is 1. The Bertz CT molecular complexity index is 1270. The average molecular weight is 566 g/mol. The summed E-state index contributed by atoms with van der Waals surface area (Å²) < 4.78 is 14.4. The molecule has 3 saturated heterocycles. The largest absolute Gasteiger partial charge is 0.351 e. The van der Waals surface area contributed by atoms with Gasteiger partial charge < -0.3 is 10.6 Å². The van der Waals surface area contributed by atoms with Crippen LogP contribution in [-0.4, -0.2) is 46.4 Å². The first-order valence-corrected chi connectivity index (χ1v) is 11.0. The number of fused-ring (bicyclic) bond motifs is 5. The molecular weight excluding hydrogens is 552 g/mol. The molecule has 162 valence electrons. The standard InChI is InChI=1S/C21H14ClFIN5O3/c22-13-5-11(2-4-14(13)23)21-7-16(27(9-21)19(26)31)17-18(30)28(20(32)29(17)21)12-3-1-10(8-25)15(24)6-12/h1-6,16-17H,7,9H2,(H2,26,31). The molecule has 8 nitrogen and oxygen atoms in total. The van der Waals surface area contributed by atoms with Crippen LogP contribution in [0.1, 0.15) is 17.5 Å². The van der Waals surface area contributed by atoms with E-state index in [9.17, 15) is 24.0 Å². The smallest absolute Gasteiger partial charge is 0.332 e. The fourth-order valence-electron chi connectivity index (χ4n) is 5.07. The van der Waals surface area contributed by atoms with Crippen LogP contribution in [0.3, 0.4) is 0 Å². The lowest BCUT2D eigenvalue weighted by Gasteiger charge is -2.41. The van der Waals surface area contributed by atoms with Crippen molar-refractivity contribution in [3.63, 3.8) is 0 Å². The minimum absolute atomic E-state index is 0.0726. The van der Waals surface area contributed by atoms with Crippen LogP contribution in [0, 0.1) is 20.7 Å². The molecule has 3 aliphatic rings. The second kappa shape index (κ2) is 7.05. The topological polar surface area (TPSA) is 111 Å². The van der Waals surface area contributed by atoms with Gasteiger partial charge in [-0.05, 0) is 64.9 Å². The quantitative estimate of drug-likeness (QED) is 0.446. The van der Waals surface area contributed by atoms with Gasteiger partial charge in [-0.1, -0.05) is 17.7 Å². The molecule has 0 radical (unpaired) electrons. The normalized spacial score (nSPS) is 26.0. The number of carbonyl (C=O) groups excluding carboxylic acids is 3. The first kappa shape index (κ1) is 21.0. The van der Waals surface area contributed by atoms with Crippen LogP contribution >= 0.6 is 34.2 Å². The second-order valence-electron chi connectivity index (χ2n) is 7.95. The molecule has 0 saturated carbocycles. The van der Waals surface area contributed by atoms with Crippen molar-refractivity contribution in [2.75, 3.05) is 11.4 Å². The molecule has 32 heavy (non-hydrogen) atoms. The Balaban J connectivity index is 1.64. The summed E-state index contributed by atoms with van der Waals surface area (Å²) in [7, 11) is 0. The highest BCUT2D eigenvalue weighted by atomic mass is 127. The number of hydrogen-bond donors (Lipinski definition) is 1. The van der Waals surface area contributed by atoms with E-state index in [-0.39, 0.29) is 11.6 Å². The molecule has 3 aliphatic heterocycles. The number of primary amides is 1. The minimum atomic E-state index is -1.07. The zero-order valence-electron chi connectivity index (χ0n) is 16.3. The van der Waals surface area contributed by atoms with Gasteiger partial charge in [-0.2, -0.15) is 5.26 Å². The van der Waals surface area contributed by atoms with Crippen molar-refractivity contribution in [1.82, 2.24) is 9.80 Å². The van der Waals surface area contributed by atoms with Gasteiger partial charge in [0.2, 0.25) is 0 Å². The molecule has 3 heterocycles. The van der Waals surface area contributed by atoms with Gasteiger partial charge in [0.05, 0.1) is 34.4 Å². The Morgan fingerprint density at radius 2 is 2.03 bits per heavy atom. The van der Waals surface area contributed by atoms with E-state index >= 15 is 0 Å². The lowest BCUT2D eigenvalue weighted by molar-refractivity contribution is -0.121. The maximum Gasteiger partial charge on any atom is 0.332 e. The summed E-state index contributed by atoms with van der Waals surface area (Å²) in [6, 6.07) is 8.06. The predicted octanol–water partition coefficient (Wildman–Crippen LogP) is 3.15. The Morgan fingerprint density at radius 3 is 2.66 bits per heavy atom. The number of rotatable bonds is 2. The molecule has 2 N–H and O–H groups in total. The highest BCUT2D eigenvalue weighted by Gasteiger charge is 2.70. The molecule has 5 amide bonds. The van der Waals surface area contributed by atoms with Crippen LogP contribution in [0.15, 0.2) is 36.4 Å². The highest BCUT2D eigenvalue weighted by molar-refractivity contribution is 14.1. The lowest BCUT2D eigenvalue weighted by atomic mass is 9.89. The Morgan fingerprint density at radius 1 is 1.28 bits per heavy atom. The number of piperazine rings is 1. The summed E-state index contributed by atoms with van der Waals surface area (Å²) in [5, 5.41) is 9.05. The molecule has 5 rings (SSSR count).